The molecule has 2 rings (SSSR count). The summed E-state index contributed by atoms with van der Waals surface area (Å²) in [4.78, 5) is 11.7. The Kier molecular flexibility index (Phi) is 5.25. The van der Waals surface area contributed by atoms with E-state index in [1.807, 2.05) is 0 Å². The number of methoxy groups -OCH3 is 3. The Hall–Kier alpha value is -2.95. The summed E-state index contributed by atoms with van der Waals surface area (Å²) in [5, 5.41) is 9.56. The minimum Gasteiger partial charge on any atom is -0.496 e. The number of ether oxygens (including phenoxy) is 3. The zero-order valence-electron chi connectivity index (χ0n) is 13.2. The third-order valence-electron chi connectivity index (χ3n) is 3.35. The molecule has 2 aromatic rings. The van der Waals surface area contributed by atoms with E-state index in [1.165, 1.54) is 14.2 Å². The summed E-state index contributed by atoms with van der Waals surface area (Å²) >= 11 is 0. The highest BCUT2D eigenvalue weighted by Crippen LogP contribution is 2.31. The molecule has 0 aliphatic rings. The maximum absolute atomic E-state index is 11.7. The van der Waals surface area contributed by atoms with Crippen molar-refractivity contribution < 1.29 is 24.1 Å². The van der Waals surface area contributed by atoms with Gasteiger partial charge in [-0.05, 0) is 29.8 Å². The summed E-state index contributed by atoms with van der Waals surface area (Å²) in [6.07, 6.45) is 1.57. The van der Waals surface area contributed by atoms with Crippen LogP contribution in [0.25, 0.3) is 11.6 Å². The van der Waals surface area contributed by atoms with Crippen LogP contribution >= 0.6 is 0 Å². The average molecular weight is 314 g/mol. The van der Waals surface area contributed by atoms with Crippen molar-refractivity contribution in [3.8, 4) is 17.2 Å². The van der Waals surface area contributed by atoms with Crippen LogP contribution in [0.15, 0.2) is 42.5 Å². The summed E-state index contributed by atoms with van der Waals surface area (Å²) < 4.78 is 15.7. The molecular formula is C18H18O5. The van der Waals surface area contributed by atoms with E-state index in [0.717, 1.165) is 0 Å². The van der Waals surface area contributed by atoms with E-state index in [-0.39, 0.29) is 5.57 Å². The van der Waals surface area contributed by atoms with Gasteiger partial charge in [-0.25, -0.2) is 4.79 Å². The van der Waals surface area contributed by atoms with E-state index < -0.39 is 5.97 Å². The third-order valence-corrected chi connectivity index (χ3v) is 3.35. The van der Waals surface area contributed by atoms with Crippen LogP contribution in [0.3, 0.4) is 0 Å². The molecule has 5 heteroatoms. The van der Waals surface area contributed by atoms with Crippen LogP contribution in [0.4, 0.5) is 0 Å². The first-order valence-corrected chi connectivity index (χ1v) is 6.91. The van der Waals surface area contributed by atoms with Gasteiger partial charge >= 0.3 is 5.97 Å². The molecule has 0 radical (unpaired) electrons. The van der Waals surface area contributed by atoms with Crippen LogP contribution < -0.4 is 14.2 Å². The van der Waals surface area contributed by atoms with Gasteiger partial charge in [0, 0.05) is 5.56 Å². The average Bonchev–Trinajstić information content (AvgIpc) is 2.59. The smallest absolute Gasteiger partial charge is 0.336 e. The van der Waals surface area contributed by atoms with Gasteiger partial charge in [-0.15, -0.1) is 0 Å². The van der Waals surface area contributed by atoms with Gasteiger partial charge in [0.15, 0.2) is 11.5 Å². The highest BCUT2D eigenvalue weighted by Gasteiger charge is 2.15. The lowest BCUT2D eigenvalue weighted by atomic mass is 10.0. The first-order valence-electron chi connectivity index (χ1n) is 6.91. The van der Waals surface area contributed by atoms with Crippen LogP contribution in [0.5, 0.6) is 17.2 Å². The number of aliphatic carboxylic acids is 1. The molecule has 0 saturated carbocycles. The van der Waals surface area contributed by atoms with Gasteiger partial charge in [0.1, 0.15) is 5.75 Å². The Morgan fingerprint density at radius 3 is 2.17 bits per heavy atom. The number of rotatable bonds is 6. The van der Waals surface area contributed by atoms with Crippen LogP contribution in [0.2, 0.25) is 0 Å². The number of carboxylic acid groups (broad SMARTS) is 1. The van der Waals surface area contributed by atoms with Gasteiger partial charge in [0.25, 0.3) is 0 Å². The van der Waals surface area contributed by atoms with E-state index in [0.29, 0.717) is 28.4 Å². The Labute approximate surface area is 134 Å². The molecule has 0 fully saturated rings. The van der Waals surface area contributed by atoms with Gasteiger partial charge in [-0.3, -0.25) is 0 Å². The van der Waals surface area contributed by atoms with Crippen molar-refractivity contribution >= 4 is 17.6 Å². The fraction of sp³-hybridized carbons (Fsp3) is 0.167. The van der Waals surface area contributed by atoms with Crippen LogP contribution in [-0.4, -0.2) is 32.4 Å². The Bertz CT molecular complexity index is 734. The summed E-state index contributed by atoms with van der Waals surface area (Å²) in [5.41, 5.74) is 1.33. The van der Waals surface area contributed by atoms with Gasteiger partial charge < -0.3 is 19.3 Å². The zero-order chi connectivity index (χ0) is 16.8. The monoisotopic (exact) mass is 314 g/mol. The predicted molar refractivity (Wildman–Crippen MR) is 88.0 cm³/mol. The highest BCUT2D eigenvalue weighted by atomic mass is 16.5. The number of para-hydroxylation sites is 1. The maximum atomic E-state index is 11.7. The summed E-state index contributed by atoms with van der Waals surface area (Å²) in [6, 6.07) is 12.2. The molecule has 2 aromatic carbocycles. The number of carboxylic acids is 1. The summed E-state index contributed by atoms with van der Waals surface area (Å²) in [6.45, 7) is 0. The van der Waals surface area contributed by atoms with Crippen molar-refractivity contribution in [2.75, 3.05) is 21.3 Å². The van der Waals surface area contributed by atoms with Crippen LogP contribution in [0, 0.1) is 0 Å². The van der Waals surface area contributed by atoms with Gasteiger partial charge in [-0.2, -0.15) is 0 Å². The summed E-state index contributed by atoms with van der Waals surface area (Å²) in [7, 11) is 4.59. The topological polar surface area (TPSA) is 65.0 Å². The molecule has 0 saturated heterocycles. The number of hydrogen-bond donors (Lipinski definition) is 1. The SMILES string of the molecule is COc1ccc(/C=C(\C(=O)O)c2ccccc2OC)cc1OC. The number of carbonyl (C=O) groups is 1. The fourth-order valence-corrected chi connectivity index (χ4v) is 2.23. The lowest BCUT2D eigenvalue weighted by Gasteiger charge is -2.10. The predicted octanol–water partition coefficient (Wildman–Crippen LogP) is 3.34. The van der Waals surface area contributed by atoms with Crippen molar-refractivity contribution in [2.45, 2.75) is 0 Å². The van der Waals surface area contributed by atoms with E-state index in [1.54, 1.807) is 55.7 Å². The fourth-order valence-electron chi connectivity index (χ4n) is 2.23. The van der Waals surface area contributed by atoms with Crippen LogP contribution in [0.1, 0.15) is 11.1 Å². The highest BCUT2D eigenvalue weighted by molar-refractivity contribution is 6.21. The Balaban J connectivity index is 2.54. The lowest BCUT2D eigenvalue weighted by Crippen LogP contribution is -2.02. The normalized spacial score (nSPS) is 11.0. The van der Waals surface area contributed by atoms with E-state index in [9.17, 15) is 9.90 Å². The first kappa shape index (κ1) is 16.4. The van der Waals surface area contributed by atoms with E-state index >= 15 is 0 Å². The second-order valence-corrected chi connectivity index (χ2v) is 4.68. The van der Waals surface area contributed by atoms with Crippen molar-refractivity contribution in [2.24, 2.45) is 0 Å². The largest absolute Gasteiger partial charge is 0.496 e. The van der Waals surface area contributed by atoms with Gasteiger partial charge in [0.2, 0.25) is 0 Å². The third kappa shape index (κ3) is 3.63. The maximum Gasteiger partial charge on any atom is 0.336 e. The molecule has 0 spiro atoms. The minimum atomic E-state index is -1.04. The molecule has 0 aliphatic carbocycles. The van der Waals surface area contributed by atoms with Gasteiger partial charge in [-0.1, -0.05) is 24.3 Å². The van der Waals surface area contributed by atoms with Crippen molar-refractivity contribution in [1.82, 2.24) is 0 Å². The van der Waals surface area contributed by atoms with Crippen molar-refractivity contribution in [3.05, 3.63) is 53.6 Å². The molecule has 120 valence electrons. The molecule has 0 aliphatic heterocycles. The van der Waals surface area contributed by atoms with Crippen molar-refractivity contribution in [1.29, 1.82) is 0 Å². The molecule has 0 aromatic heterocycles. The quantitative estimate of drug-likeness (QED) is 0.654. The second-order valence-electron chi connectivity index (χ2n) is 4.68. The minimum absolute atomic E-state index is 0.134. The first-order chi connectivity index (χ1) is 11.1. The Morgan fingerprint density at radius 1 is 0.913 bits per heavy atom. The standard InChI is InChI=1S/C18H18O5/c1-21-15-7-5-4-6-13(15)14(18(19)20)10-12-8-9-16(22-2)17(11-12)23-3/h4-11H,1-3H3,(H,19,20)/b14-10-. The Morgan fingerprint density at radius 2 is 1.57 bits per heavy atom. The lowest BCUT2D eigenvalue weighted by molar-refractivity contribution is -0.130. The van der Waals surface area contributed by atoms with Gasteiger partial charge in [0.05, 0.1) is 26.9 Å². The number of hydrogen-bond acceptors (Lipinski definition) is 4. The summed E-state index contributed by atoms with van der Waals surface area (Å²) in [5.74, 6) is 0.579. The molecule has 0 unspecified atom stereocenters. The molecule has 0 heterocycles. The van der Waals surface area contributed by atoms with Crippen LogP contribution in [-0.2, 0) is 4.79 Å². The zero-order valence-corrected chi connectivity index (χ0v) is 13.2. The molecule has 23 heavy (non-hydrogen) atoms. The molecule has 0 amide bonds. The van der Waals surface area contributed by atoms with Crippen molar-refractivity contribution in [3.63, 3.8) is 0 Å². The molecule has 0 atom stereocenters. The molecule has 0 bridgehead atoms. The second kappa shape index (κ2) is 7.35. The molecule has 5 nitrogen and oxygen atoms in total. The number of benzene rings is 2. The van der Waals surface area contributed by atoms with E-state index in [2.05, 4.69) is 0 Å². The molecule has 1 N–H and O–H groups in total. The molecular weight excluding hydrogens is 296 g/mol. The van der Waals surface area contributed by atoms with E-state index in [4.69, 9.17) is 14.2 Å².